The number of benzene rings is 2. The number of fused-ring (bicyclic) bond motifs is 1. The summed E-state index contributed by atoms with van der Waals surface area (Å²) in [7, 11) is -4.80. The second-order valence-electron chi connectivity index (χ2n) is 9.83. The van der Waals surface area contributed by atoms with E-state index < -0.39 is 20.9 Å². The summed E-state index contributed by atoms with van der Waals surface area (Å²) in [5.41, 5.74) is -0.195. The Kier molecular flexibility index (Phi) is 13.9. The van der Waals surface area contributed by atoms with Gasteiger partial charge in [-0.15, -0.1) is 0 Å². The molecule has 202 valence electrons. The van der Waals surface area contributed by atoms with Crippen LogP contribution in [0.15, 0.2) is 35.2 Å². The summed E-state index contributed by atoms with van der Waals surface area (Å²) in [6.07, 6.45) is 20.3. The molecule has 0 radical (unpaired) electrons. The van der Waals surface area contributed by atoms with E-state index in [4.69, 9.17) is 0 Å². The minimum Gasteiger partial charge on any atom is -0.744 e. The molecule has 1 amide bonds. The average molecular weight is 519 g/mol. The number of hydrogen-bond acceptors (Lipinski definition) is 5. The van der Waals surface area contributed by atoms with E-state index in [0.717, 1.165) is 25.3 Å². The number of nitrogens with one attached hydrogen (secondary N) is 1. The fraction of sp³-hybridized carbons (Fsp3) is 0.621. The molecule has 2 aromatic rings. The third kappa shape index (κ3) is 10.5. The lowest BCUT2D eigenvalue weighted by molar-refractivity contribution is 0.0950. The predicted molar refractivity (Wildman–Crippen MR) is 145 cm³/mol. The first kappa shape index (κ1) is 30.1. The lowest BCUT2D eigenvalue weighted by atomic mass is 10.0. The molecule has 0 heterocycles. The van der Waals surface area contributed by atoms with Crippen LogP contribution >= 0.6 is 0 Å². The Morgan fingerprint density at radius 3 is 1.69 bits per heavy atom. The highest BCUT2D eigenvalue weighted by Gasteiger charge is 2.19. The fourth-order valence-corrected chi connectivity index (χ4v) is 5.39. The molecule has 0 aliphatic heterocycles. The maximum Gasteiger partial charge on any atom is 0.255 e. The number of hydrogen-bond donors (Lipinski definition) is 2. The van der Waals surface area contributed by atoms with Gasteiger partial charge in [0.05, 0.1) is 10.5 Å². The summed E-state index contributed by atoms with van der Waals surface area (Å²) in [6, 6.07) is 7.10. The Morgan fingerprint density at radius 1 is 0.778 bits per heavy atom. The molecule has 0 saturated heterocycles. The van der Waals surface area contributed by atoms with Gasteiger partial charge < -0.3 is 15.0 Å². The quantitative estimate of drug-likeness (QED) is 0.148. The second-order valence-corrected chi connectivity index (χ2v) is 11.2. The van der Waals surface area contributed by atoms with E-state index in [-0.39, 0.29) is 22.1 Å². The lowest BCUT2D eigenvalue weighted by Gasteiger charge is -2.15. The molecule has 0 saturated carbocycles. The molecule has 36 heavy (non-hydrogen) atoms. The van der Waals surface area contributed by atoms with E-state index in [1.807, 2.05) is 0 Å². The number of unbranched alkanes of at least 4 members (excludes halogenated alkanes) is 15. The van der Waals surface area contributed by atoms with Crippen LogP contribution in [0.5, 0.6) is 5.75 Å². The lowest BCUT2D eigenvalue weighted by Crippen LogP contribution is -2.25. The van der Waals surface area contributed by atoms with E-state index in [0.29, 0.717) is 6.54 Å². The minimum absolute atomic E-state index is 0.111. The molecule has 0 aliphatic rings. The molecule has 6 nitrogen and oxygen atoms in total. The second kappa shape index (κ2) is 16.6. The van der Waals surface area contributed by atoms with Crippen molar-refractivity contribution in [2.45, 2.75) is 115 Å². The van der Waals surface area contributed by atoms with Gasteiger partial charge in [0.15, 0.2) is 0 Å². The molecule has 0 spiro atoms. The minimum atomic E-state index is -4.80. The van der Waals surface area contributed by atoms with Gasteiger partial charge in [0.25, 0.3) is 5.91 Å². The normalized spacial score (nSPS) is 11.7. The first-order chi connectivity index (χ1) is 17.4. The zero-order chi connectivity index (χ0) is 26.2. The van der Waals surface area contributed by atoms with Crippen LogP contribution in [0.2, 0.25) is 0 Å². The van der Waals surface area contributed by atoms with E-state index in [9.17, 15) is 22.9 Å². The van der Waals surface area contributed by atoms with Crippen molar-refractivity contribution in [2.24, 2.45) is 0 Å². The average Bonchev–Trinajstić information content (AvgIpc) is 2.85. The third-order valence-electron chi connectivity index (χ3n) is 6.81. The van der Waals surface area contributed by atoms with Gasteiger partial charge in [-0.05, 0) is 12.5 Å². The number of carbonyl (C=O) groups excluding carboxylic acids is 1. The van der Waals surface area contributed by atoms with E-state index >= 15 is 0 Å². The van der Waals surface area contributed by atoms with Gasteiger partial charge in [0.2, 0.25) is 0 Å². The van der Waals surface area contributed by atoms with E-state index in [1.54, 1.807) is 12.1 Å². The molecular formula is C29H44NO5S-. The maximum absolute atomic E-state index is 12.6. The Bertz CT molecular complexity index is 1040. The molecular weight excluding hydrogens is 474 g/mol. The zero-order valence-electron chi connectivity index (χ0n) is 21.9. The molecule has 0 aliphatic carbocycles. The van der Waals surface area contributed by atoms with Crippen LogP contribution < -0.4 is 5.32 Å². The number of carbonyl (C=O) groups is 1. The van der Waals surface area contributed by atoms with Crippen LogP contribution in [0.3, 0.4) is 0 Å². The zero-order valence-corrected chi connectivity index (χ0v) is 22.7. The van der Waals surface area contributed by atoms with Crippen molar-refractivity contribution in [3.63, 3.8) is 0 Å². The molecule has 2 N–H and O–H groups in total. The predicted octanol–water partition coefficient (Wildman–Crippen LogP) is 7.44. The molecule has 7 heteroatoms. The standard InChI is InChI=1S/C29H45NO5S/c1-2-3-4-5-6-7-8-9-10-11-12-13-14-15-16-19-22-30-29(32)26-23-27(36(33,34)35)24-20-17-18-21-25(24)28(26)31/h17-18,20-21,23,31H,2-16,19,22H2,1H3,(H,30,32)(H,33,34,35)/p-1. The van der Waals surface area contributed by atoms with Gasteiger partial charge in [0, 0.05) is 17.3 Å². The Morgan fingerprint density at radius 2 is 1.22 bits per heavy atom. The van der Waals surface area contributed by atoms with Crippen molar-refractivity contribution in [3.05, 3.63) is 35.9 Å². The van der Waals surface area contributed by atoms with Gasteiger partial charge in [-0.25, -0.2) is 8.42 Å². The van der Waals surface area contributed by atoms with Crippen molar-refractivity contribution in [1.82, 2.24) is 5.32 Å². The Hall–Kier alpha value is -2.12. The number of phenolic OH excluding ortho intramolecular Hbond substituents is 1. The number of aromatic hydroxyl groups is 1. The highest BCUT2D eigenvalue weighted by atomic mass is 32.2. The van der Waals surface area contributed by atoms with Gasteiger partial charge >= 0.3 is 0 Å². The summed E-state index contributed by atoms with van der Waals surface area (Å²) in [4.78, 5) is 12.1. The Balaban J connectivity index is 1.58. The van der Waals surface area contributed by atoms with Crippen molar-refractivity contribution in [1.29, 1.82) is 0 Å². The van der Waals surface area contributed by atoms with Gasteiger partial charge in [-0.2, -0.15) is 0 Å². The molecule has 0 fully saturated rings. The largest absolute Gasteiger partial charge is 0.744 e. The molecule has 0 bridgehead atoms. The molecule has 0 unspecified atom stereocenters. The molecule has 0 aromatic heterocycles. The van der Waals surface area contributed by atoms with Crippen molar-refractivity contribution in [3.8, 4) is 5.75 Å². The van der Waals surface area contributed by atoms with Crippen LogP contribution in [0.1, 0.15) is 120 Å². The van der Waals surface area contributed by atoms with Gasteiger partial charge in [0.1, 0.15) is 15.9 Å². The summed E-state index contributed by atoms with van der Waals surface area (Å²) in [6.45, 7) is 2.69. The highest BCUT2D eigenvalue weighted by molar-refractivity contribution is 7.86. The monoisotopic (exact) mass is 518 g/mol. The number of rotatable bonds is 19. The number of amides is 1. The SMILES string of the molecule is CCCCCCCCCCCCCCCCCCNC(=O)c1cc(S(=O)(=O)[O-])c2ccccc2c1O. The topological polar surface area (TPSA) is 107 Å². The smallest absolute Gasteiger partial charge is 0.255 e. The van der Waals surface area contributed by atoms with Gasteiger partial charge in [-0.3, -0.25) is 4.79 Å². The Labute approximate surface area is 217 Å². The molecule has 2 rings (SSSR count). The first-order valence-corrected chi connectivity index (χ1v) is 15.3. The van der Waals surface area contributed by atoms with Crippen LogP contribution in [0.25, 0.3) is 10.8 Å². The summed E-state index contributed by atoms with van der Waals surface area (Å²) < 4.78 is 35.1. The van der Waals surface area contributed by atoms with Crippen LogP contribution in [-0.2, 0) is 10.1 Å². The van der Waals surface area contributed by atoms with Crippen LogP contribution in [0, 0.1) is 0 Å². The maximum atomic E-state index is 12.6. The fourth-order valence-electron chi connectivity index (χ4n) is 4.68. The van der Waals surface area contributed by atoms with E-state index in [1.165, 1.54) is 95.6 Å². The van der Waals surface area contributed by atoms with Crippen LogP contribution in [0.4, 0.5) is 0 Å². The van der Waals surface area contributed by atoms with Gasteiger partial charge in [-0.1, -0.05) is 128 Å². The van der Waals surface area contributed by atoms with Crippen molar-refractivity contribution < 1.29 is 22.9 Å². The highest BCUT2D eigenvalue weighted by Crippen LogP contribution is 2.33. The van der Waals surface area contributed by atoms with Crippen molar-refractivity contribution in [2.75, 3.05) is 6.54 Å². The number of phenols is 1. The summed E-state index contributed by atoms with van der Waals surface area (Å²) >= 11 is 0. The summed E-state index contributed by atoms with van der Waals surface area (Å²) in [5, 5.41) is 13.5. The third-order valence-corrected chi connectivity index (χ3v) is 7.68. The molecule has 2 aromatic carbocycles. The molecule has 0 atom stereocenters. The van der Waals surface area contributed by atoms with Crippen LogP contribution in [-0.4, -0.2) is 30.5 Å². The first-order valence-electron chi connectivity index (χ1n) is 13.8. The van der Waals surface area contributed by atoms with Crippen molar-refractivity contribution >= 4 is 26.8 Å². The van der Waals surface area contributed by atoms with E-state index in [2.05, 4.69) is 12.2 Å². The summed E-state index contributed by atoms with van der Waals surface area (Å²) in [5.74, 6) is -0.897.